The van der Waals surface area contributed by atoms with E-state index >= 15 is 0 Å². The van der Waals surface area contributed by atoms with Gasteiger partial charge < -0.3 is 14.2 Å². The van der Waals surface area contributed by atoms with Crippen molar-refractivity contribution in [3.63, 3.8) is 0 Å². The highest BCUT2D eigenvalue weighted by Crippen LogP contribution is 2.49. The summed E-state index contributed by atoms with van der Waals surface area (Å²) in [7, 11) is 0. The zero-order chi connectivity index (χ0) is 18.3. The van der Waals surface area contributed by atoms with Crippen LogP contribution in [0.1, 0.15) is 61.7 Å². The molecule has 0 N–H and O–H groups in total. The highest BCUT2D eigenvalue weighted by atomic mass is 16.5. The van der Waals surface area contributed by atoms with E-state index in [0.29, 0.717) is 25.0 Å². The standard InChI is InChI=1S/C21H25N3O3/c25-20(21(10-11-21)16-5-2-1-3-6-16)24-12-4-7-17(13-24)26-14-18-22-19(23-27-18)15-8-9-15/h1-3,5-6,15,17H,4,7-14H2. The number of piperidine rings is 1. The molecule has 6 heteroatoms. The highest BCUT2D eigenvalue weighted by Gasteiger charge is 2.53. The van der Waals surface area contributed by atoms with Gasteiger partial charge in [-0.2, -0.15) is 4.98 Å². The molecule has 0 spiro atoms. The summed E-state index contributed by atoms with van der Waals surface area (Å²) < 4.78 is 11.3. The zero-order valence-electron chi connectivity index (χ0n) is 15.5. The van der Waals surface area contributed by atoms with Gasteiger partial charge in [-0.3, -0.25) is 4.79 Å². The Bertz CT molecular complexity index is 811. The van der Waals surface area contributed by atoms with E-state index in [1.807, 2.05) is 23.1 Å². The molecular weight excluding hydrogens is 342 g/mol. The van der Waals surface area contributed by atoms with Gasteiger partial charge in [-0.15, -0.1) is 0 Å². The first-order valence-electron chi connectivity index (χ1n) is 10.0. The van der Waals surface area contributed by atoms with Crippen molar-refractivity contribution in [2.75, 3.05) is 13.1 Å². The molecule has 27 heavy (non-hydrogen) atoms. The molecule has 6 nitrogen and oxygen atoms in total. The second kappa shape index (κ2) is 6.75. The third kappa shape index (κ3) is 3.38. The van der Waals surface area contributed by atoms with Gasteiger partial charge in [-0.1, -0.05) is 35.5 Å². The van der Waals surface area contributed by atoms with Gasteiger partial charge in [0.25, 0.3) is 5.89 Å². The number of amides is 1. The molecule has 2 aromatic rings. The topological polar surface area (TPSA) is 68.5 Å². The van der Waals surface area contributed by atoms with Gasteiger partial charge >= 0.3 is 0 Å². The lowest BCUT2D eigenvalue weighted by atomic mass is 9.93. The highest BCUT2D eigenvalue weighted by molar-refractivity contribution is 5.91. The normalized spacial score (nSPS) is 24.0. The third-order valence-corrected chi connectivity index (χ3v) is 6.02. The Balaban J connectivity index is 1.19. The Morgan fingerprint density at radius 1 is 1.22 bits per heavy atom. The van der Waals surface area contributed by atoms with Gasteiger partial charge in [-0.25, -0.2) is 0 Å². The molecule has 2 saturated carbocycles. The number of hydrogen-bond donors (Lipinski definition) is 0. The average molecular weight is 367 g/mol. The minimum absolute atomic E-state index is 0.0329. The first-order valence-corrected chi connectivity index (χ1v) is 10.0. The van der Waals surface area contributed by atoms with E-state index in [4.69, 9.17) is 9.26 Å². The van der Waals surface area contributed by atoms with Crippen LogP contribution in [0.3, 0.4) is 0 Å². The SMILES string of the molecule is O=C(N1CCCC(OCc2nc(C3CC3)no2)C1)C1(c2ccccc2)CC1. The van der Waals surface area contributed by atoms with E-state index in [-0.39, 0.29) is 17.4 Å². The lowest BCUT2D eigenvalue weighted by Gasteiger charge is -2.35. The molecular formula is C21H25N3O3. The summed E-state index contributed by atoms with van der Waals surface area (Å²) in [6, 6.07) is 10.2. The van der Waals surface area contributed by atoms with Gasteiger partial charge in [-0.05, 0) is 44.1 Å². The molecule has 2 aliphatic carbocycles. The molecule has 1 saturated heterocycles. The molecule has 5 rings (SSSR count). The number of carbonyl (C=O) groups excluding carboxylic acids is 1. The molecule has 142 valence electrons. The molecule has 1 amide bonds. The van der Waals surface area contributed by atoms with Crippen LogP contribution in [0, 0.1) is 0 Å². The van der Waals surface area contributed by atoms with Crippen LogP contribution >= 0.6 is 0 Å². The summed E-state index contributed by atoms with van der Waals surface area (Å²) in [4.78, 5) is 19.6. The van der Waals surface area contributed by atoms with Crippen molar-refractivity contribution in [3.05, 3.63) is 47.6 Å². The van der Waals surface area contributed by atoms with Crippen LogP contribution in [-0.4, -0.2) is 40.1 Å². The lowest BCUT2D eigenvalue weighted by molar-refractivity contribution is -0.138. The third-order valence-electron chi connectivity index (χ3n) is 6.02. The van der Waals surface area contributed by atoms with Gasteiger partial charge in [0, 0.05) is 19.0 Å². The first kappa shape index (κ1) is 16.9. The maximum absolute atomic E-state index is 13.2. The molecule has 1 atom stereocenters. The Labute approximate surface area is 158 Å². The molecule has 0 radical (unpaired) electrons. The van der Waals surface area contributed by atoms with Crippen LogP contribution in [-0.2, 0) is 21.6 Å². The minimum Gasteiger partial charge on any atom is -0.367 e. The van der Waals surface area contributed by atoms with Gasteiger partial charge in [0.05, 0.1) is 11.5 Å². The Hall–Kier alpha value is -2.21. The number of carbonyl (C=O) groups is 1. The Morgan fingerprint density at radius 3 is 2.78 bits per heavy atom. The number of benzene rings is 1. The molecule has 2 heterocycles. The van der Waals surface area contributed by atoms with Crippen molar-refractivity contribution in [1.29, 1.82) is 0 Å². The van der Waals surface area contributed by atoms with E-state index in [9.17, 15) is 4.79 Å². The van der Waals surface area contributed by atoms with Gasteiger partial charge in [0.1, 0.15) is 6.61 Å². The minimum atomic E-state index is -0.297. The van der Waals surface area contributed by atoms with Crippen LogP contribution in [0.4, 0.5) is 0 Å². The molecule has 3 aliphatic rings. The van der Waals surface area contributed by atoms with Crippen LogP contribution < -0.4 is 0 Å². The lowest BCUT2D eigenvalue weighted by Crippen LogP contribution is -2.47. The van der Waals surface area contributed by atoms with Crippen molar-refractivity contribution in [3.8, 4) is 0 Å². The summed E-state index contributed by atoms with van der Waals surface area (Å²) in [5.41, 5.74) is 0.853. The number of aromatic nitrogens is 2. The average Bonchev–Trinajstić information content (AvgIpc) is 3.65. The van der Waals surface area contributed by atoms with Crippen LogP contribution in [0.25, 0.3) is 0 Å². The molecule has 1 aromatic carbocycles. The largest absolute Gasteiger partial charge is 0.367 e. The summed E-state index contributed by atoms with van der Waals surface area (Å²) in [6.45, 7) is 1.80. The van der Waals surface area contributed by atoms with Crippen molar-refractivity contribution in [2.24, 2.45) is 0 Å². The molecule has 3 fully saturated rings. The number of ether oxygens (including phenoxy) is 1. The fraction of sp³-hybridized carbons (Fsp3) is 0.571. The summed E-state index contributed by atoms with van der Waals surface area (Å²) >= 11 is 0. The second-order valence-corrected chi connectivity index (χ2v) is 8.10. The Kier molecular flexibility index (Phi) is 4.23. The van der Waals surface area contributed by atoms with E-state index in [0.717, 1.165) is 56.5 Å². The van der Waals surface area contributed by atoms with Crippen molar-refractivity contribution < 1.29 is 14.1 Å². The summed E-state index contributed by atoms with van der Waals surface area (Å²) in [5.74, 6) is 2.10. The maximum atomic E-state index is 13.2. The first-order chi connectivity index (χ1) is 13.2. The van der Waals surface area contributed by atoms with Gasteiger partial charge in [0.2, 0.25) is 5.91 Å². The predicted molar refractivity (Wildman–Crippen MR) is 98.0 cm³/mol. The number of likely N-dealkylation sites (tertiary alicyclic amines) is 1. The zero-order valence-corrected chi connectivity index (χ0v) is 15.5. The van der Waals surface area contributed by atoms with Crippen molar-refractivity contribution in [2.45, 2.75) is 62.6 Å². The fourth-order valence-corrected chi connectivity index (χ4v) is 4.09. The maximum Gasteiger partial charge on any atom is 0.252 e. The fourth-order valence-electron chi connectivity index (χ4n) is 4.09. The smallest absolute Gasteiger partial charge is 0.252 e. The second-order valence-electron chi connectivity index (χ2n) is 8.10. The summed E-state index contributed by atoms with van der Waals surface area (Å²) in [6.07, 6.45) is 6.17. The number of hydrogen-bond acceptors (Lipinski definition) is 5. The molecule has 1 aromatic heterocycles. The number of rotatable bonds is 6. The monoisotopic (exact) mass is 367 g/mol. The molecule has 1 aliphatic heterocycles. The van der Waals surface area contributed by atoms with E-state index in [2.05, 4.69) is 22.3 Å². The van der Waals surface area contributed by atoms with E-state index in [1.54, 1.807) is 0 Å². The molecule has 1 unspecified atom stereocenters. The number of nitrogens with zero attached hydrogens (tertiary/aromatic N) is 3. The van der Waals surface area contributed by atoms with E-state index < -0.39 is 0 Å². The van der Waals surface area contributed by atoms with Gasteiger partial charge in [0.15, 0.2) is 5.82 Å². The quantitative estimate of drug-likeness (QED) is 0.784. The van der Waals surface area contributed by atoms with Crippen LogP contribution in [0.15, 0.2) is 34.9 Å². The van der Waals surface area contributed by atoms with E-state index in [1.165, 1.54) is 0 Å². The van der Waals surface area contributed by atoms with Crippen molar-refractivity contribution in [1.82, 2.24) is 15.0 Å². The summed E-state index contributed by atoms with van der Waals surface area (Å²) in [5, 5.41) is 4.03. The predicted octanol–water partition coefficient (Wildman–Crippen LogP) is 3.19. The Morgan fingerprint density at radius 2 is 2.04 bits per heavy atom. The van der Waals surface area contributed by atoms with Crippen molar-refractivity contribution >= 4 is 5.91 Å². The molecule has 0 bridgehead atoms. The van der Waals surface area contributed by atoms with Crippen LogP contribution in [0.2, 0.25) is 0 Å². The van der Waals surface area contributed by atoms with Crippen LogP contribution in [0.5, 0.6) is 0 Å².